The average Bonchev–Trinajstić information content (AvgIpc) is 2.98. The SMILES string of the molecule is CCC1O[C@@H](O[C@H]2C(C(C)=O)O[C@H](C)C(OC(=O)c3ccccc3)[C@@H]2OCc2ccccc2)C(N=[N+]=[N-])[C@@H](C)[C@@H]1O. The van der Waals surface area contributed by atoms with Crippen molar-refractivity contribution in [2.45, 2.75) is 95.8 Å². The molecule has 2 aromatic rings. The molecule has 4 unspecified atom stereocenters. The Labute approximate surface area is 239 Å². The number of esters is 1. The standard InChI is InChI=1S/C30H37N3O8/c1-5-22-24(35)17(2)23(32-33-31)30(39-22)41-28-25(18(3)34)38-19(4)26(40-29(36)21-14-10-7-11-15-21)27(28)37-16-20-12-8-6-9-13-20/h6-15,17,19,22-28,30,35H,5,16H2,1-4H3/t17-,19-,22?,23?,24+,25?,26?,27+,28+,30+/m1/s1. The zero-order chi connectivity index (χ0) is 29.5. The Hall–Kier alpha value is -3.31. The summed E-state index contributed by atoms with van der Waals surface area (Å²) >= 11 is 0. The first-order chi connectivity index (χ1) is 19.7. The second-order valence-corrected chi connectivity index (χ2v) is 10.5. The summed E-state index contributed by atoms with van der Waals surface area (Å²) in [4.78, 5) is 29.0. The largest absolute Gasteiger partial charge is 0.453 e. The fourth-order valence-corrected chi connectivity index (χ4v) is 5.32. The summed E-state index contributed by atoms with van der Waals surface area (Å²) in [7, 11) is 0. The first-order valence-corrected chi connectivity index (χ1v) is 13.9. The van der Waals surface area contributed by atoms with Crippen molar-refractivity contribution in [1.29, 1.82) is 0 Å². The van der Waals surface area contributed by atoms with Gasteiger partial charge in [-0.05, 0) is 49.4 Å². The highest BCUT2D eigenvalue weighted by molar-refractivity contribution is 5.89. The van der Waals surface area contributed by atoms with Crippen molar-refractivity contribution in [2.75, 3.05) is 0 Å². The Morgan fingerprint density at radius 1 is 1.00 bits per heavy atom. The van der Waals surface area contributed by atoms with Crippen LogP contribution in [-0.2, 0) is 35.1 Å². The summed E-state index contributed by atoms with van der Waals surface area (Å²) in [5.74, 6) is -1.40. The Bertz CT molecular complexity index is 1210. The molecule has 2 fully saturated rings. The predicted molar refractivity (Wildman–Crippen MR) is 148 cm³/mol. The maximum Gasteiger partial charge on any atom is 0.338 e. The van der Waals surface area contributed by atoms with Crippen molar-refractivity contribution in [2.24, 2.45) is 11.0 Å². The number of Topliss-reactive ketones (excluding diaryl/α,β-unsaturated/α-hetero) is 1. The summed E-state index contributed by atoms with van der Waals surface area (Å²) in [6.45, 7) is 6.84. The minimum absolute atomic E-state index is 0.139. The van der Waals surface area contributed by atoms with E-state index < -0.39 is 66.9 Å². The van der Waals surface area contributed by atoms with Gasteiger partial charge in [0.1, 0.15) is 18.3 Å². The minimum Gasteiger partial charge on any atom is -0.453 e. The zero-order valence-electron chi connectivity index (χ0n) is 23.6. The van der Waals surface area contributed by atoms with Crippen molar-refractivity contribution in [3.8, 4) is 0 Å². The molecule has 1 N–H and O–H groups in total. The normalized spacial score (nSPS) is 33.4. The number of carbonyl (C=O) groups excluding carboxylic acids is 2. The van der Waals surface area contributed by atoms with Crippen LogP contribution in [0.2, 0.25) is 0 Å². The second-order valence-electron chi connectivity index (χ2n) is 10.5. The molecule has 2 aromatic carbocycles. The molecule has 0 bridgehead atoms. The van der Waals surface area contributed by atoms with Crippen molar-refractivity contribution < 1.29 is 38.4 Å². The molecule has 0 amide bonds. The topological polar surface area (TPSA) is 149 Å². The molecule has 10 atom stereocenters. The maximum absolute atomic E-state index is 13.1. The fraction of sp³-hybridized carbons (Fsp3) is 0.533. The molecule has 2 aliphatic heterocycles. The molecule has 11 nitrogen and oxygen atoms in total. The Morgan fingerprint density at radius 3 is 2.27 bits per heavy atom. The number of ketones is 1. The van der Waals surface area contributed by atoms with Crippen LogP contribution in [0.3, 0.4) is 0 Å². The van der Waals surface area contributed by atoms with Crippen LogP contribution in [0.25, 0.3) is 10.4 Å². The molecular formula is C30H37N3O8. The molecule has 4 rings (SSSR count). The third-order valence-corrected chi connectivity index (χ3v) is 7.63. The Balaban J connectivity index is 1.70. The number of nitrogens with zero attached hydrogens (tertiary/aromatic N) is 3. The fourth-order valence-electron chi connectivity index (χ4n) is 5.32. The summed E-state index contributed by atoms with van der Waals surface area (Å²) in [6.07, 6.45) is -6.93. The first-order valence-electron chi connectivity index (χ1n) is 13.9. The van der Waals surface area contributed by atoms with Crippen molar-refractivity contribution in [3.63, 3.8) is 0 Å². The highest BCUT2D eigenvalue weighted by atomic mass is 16.7. The van der Waals surface area contributed by atoms with Gasteiger partial charge in [0, 0.05) is 4.91 Å². The third-order valence-electron chi connectivity index (χ3n) is 7.63. The molecule has 220 valence electrons. The van der Waals surface area contributed by atoms with Crippen LogP contribution in [0, 0.1) is 5.92 Å². The highest BCUT2D eigenvalue weighted by Crippen LogP contribution is 2.36. The predicted octanol–water partition coefficient (Wildman–Crippen LogP) is 4.37. The monoisotopic (exact) mass is 567 g/mol. The van der Waals surface area contributed by atoms with Crippen molar-refractivity contribution in [1.82, 2.24) is 0 Å². The lowest BCUT2D eigenvalue weighted by Crippen LogP contribution is -2.64. The maximum atomic E-state index is 13.1. The number of azide groups is 1. The van der Waals surface area contributed by atoms with Crippen LogP contribution >= 0.6 is 0 Å². The van der Waals surface area contributed by atoms with E-state index in [1.54, 1.807) is 44.2 Å². The van der Waals surface area contributed by atoms with Crippen molar-refractivity contribution in [3.05, 3.63) is 82.2 Å². The van der Waals surface area contributed by atoms with Gasteiger partial charge in [-0.25, -0.2) is 4.79 Å². The quantitative estimate of drug-likeness (QED) is 0.192. The number of ether oxygens (including phenoxy) is 5. The van der Waals surface area contributed by atoms with E-state index in [0.29, 0.717) is 12.0 Å². The van der Waals surface area contributed by atoms with Gasteiger partial charge in [0.15, 0.2) is 18.2 Å². The molecule has 2 aliphatic rings. The molecule has 0 radical (unpaired) electrons. The van der Waals surface area contributed by atoms with E-state index in [1.807, 2.05) is 37.3 Å². The average molecular weight is 568 g/mol. The number of hydrogen-bond acceptors (Lipinski definition) is 9. The van der Waals surface area contributed by atoms with Gasteiger partial charge >= 0.3 is 5.97 Å². The van der Waals surface area contributed by atoms with Crippen LogP contribution in [0.1, 0.15) is 50.0 Å². The first kappa shape index (κ1) is 30.6. The van der Waals surface area contributed by atoms with Gasteiger partial charge in [0.25, 0.3) is 0 Å². The summed E-state index contributed by atoms with van der Waals surface area (Å²) in [5.41, 5.74) is 10.5. The lowest BCUT2D eigenvalue weighted by Gasteiger charge is -2.48. The van der Waals surface area contributed by atoms with Gasteiger partial charge in [-0.3, -0.25) is 4.79 Å². The third kappa shape index (κ3) is 7.13. The number of aliphatic hydroxyl groups is 1. The van der Waals surface area contributed by atoms with Gasteiger partial charge in [-0.1, -0.05) is 67.5 Å². The summed E-state index contributed by atoms with van der Waals surface area (Å²) in [5, 5.41) is 14.6. The van der Waals surface area contributed by atoms with E-state index in [2.05, 4.69) is 10.0 Å². The second kappa shape index (κ2) is 14.0. The Kier molecular flexibility index (Phi) is 10.5. The van der Waals surface area contributed by atoms with Crippen LogP contribution in [0.15, 0.2) is 65.8 Å². The van der Waals surface area contributed by atoms with E-state index in [4.69, 9.17) is 23.7 Å². The van der Waals surface area contributed by atoms with Gasteiger partial charge in [0.2, 0.25) is 0 Å². The van der Waals surface area contributed by atoms with E-state index in [9.17, 15) is 20.2 Å². The molecule has 2 saturated heterocycles. The molecule has 2 heterocycles. The lowest BCUT2D eigenvalue weighted by atomic mass is 9.87. The minimum atomic E-state index is -1.12. The number of aliphatic hydroxyl groups excluding tert-OH is 1. The van der Waals surface area contributed by atoms with Gasteiger partial charge in [-0.15, -0.1) is 0 Å². The Morgan fingerprint density at radius 2 is 1.66 bits per heavy atom. The van der Waals surface area contributed by atoms with E-state index in [0.717, 1.165) is 5.56 Å². The lowest BCUT2D eigenvalue weighted by molar-refractivity contribution is -0.310. The summed E-state index contributed by atoms with van der Waals surface area (Å²) in [6, 6.07) is 17.1. The van der Waals surface area contributed by atoms with E-state index >= 15 is 0 Å². The number of rotatable bonds is 10. The number of benzene rings is 2. The van der Waals surface area contributed by atoms with E-state index in [-0.39, 0.29) is 12.4 Å². The molecule has 0 aromatic heterocycles. The van der Waals surface area contributed by atoms with Crippen LogP contribution in [0.5, 0.6) is 0 Å². The number of carbonyl (C=O) groups is 2. The van der Waals surface area contributed by atoms with Crippen LogP contribution in [-0.4, -0.2) is 71.9 Å². The number of hydrogen-bond donors (Lipinski definition) is 1. The molecule has 0 aliphatic carbocycles. The summed E-state index contributed by atoms with van der Waals surface area (Å²) < 4.78 is 30.9. The molecular weight excluding hydrogens is 530 g/mol. The zero-order valence-corrected chi connectivity index (χ0v) is 23.6. The molecule has 41 heavy (non-hydrogen) atoms. The highest BCUT2D eigenvalue weighted by Gasteiger charge is 2.52. The molecule has 11 heteroatoms. The smallest absolute Gasteiger partial charge is 0.338 e. The van der Waals surface area contributed by atoms with Crippen molar-refractivity contribution >= 4 is 11.8 Å². The van der Waals surface area contributed by atoms with Crippen LogP contribution in [0.4, 0.5) is 0 Å². The van der Waals surface area contributed by atoms with E-state index in [1.165, 1.54) is 6.92 Å². The molecule has 0 saturated carbocycles. The van der Waals surface area contributed by atoms with Gasteiger partial charge in [-0.2, -0.15) is 0 Å². The van der Waals surface area contributed by atoms with Crippen LogP contribution < -0.4 is 0 Å². The van der Waals surface area contributed by atoms with Gasteiger partial charge in [0.05, 0.1) is 36.5 Å². The molecule has 0 spiro atoms. The van der Waals surface area contributed by atoms with Gasteiger partial charge < -0.3 is 28.8 Å².